The summed E-state index contributed by atoms with van der Waals surface area (Å²) in [6.07, 6.45) is 0. The number of nitriles is 1. The molecule has 0 aliphatic rings. The van der Waals surface area contributed by atoms with Crippen LogP contribution in [0.2, 0.25) is 5.02 Å². The second-order valence-electron chi connectivity index (χ2n) is 3.93. The van der Waals surface area contributed by atoms with Gasteiger partial charge in [-0.25, -0.2) is 4.39 Å². The highest BCUT2D eigenvalue weighted by Crippen LogP contribution is 2.24. The van der Waals surface area contributed by atoms with Crippen LogP contribution in [-0.2, 0) is 0 Å². The van der Waals surface area contributed by atoms with E-state index in [4.69, 9.17) is 22.6 Å². The highest BCUT2D eigenvalue weighted by molar-refractivity contribution is 6.34. The lowest BCUT2D eigenvalue weighted by Crippen LogP contribution is -2.15. The molecular formula is C14H9ClFN3O. The molecule has 0 fully saturated rings. The van der Waals surface area contributed by atoms with Crippen molar-refractivity contribution >= 4 is 28.9 Å². The predicted octanol–water partition coefficient (Wildman–Crippen LogP) is 3.19. The number of carbonyl (C=O) groups is 1. The van der Waals surface area contributed by atoms with Gasteiger partial charge in [-0.15, -0.1) is 0 Å². The number of carbonyl (C=O) groups excluding carboxylic acids is 1. The summed E-state index contributed by atoms with van der Waals surface area (Å²) in [7, 11) is 0. The molecule has 20 heavy (non-hydrogen) atoms. The lowest BCUT2D eigenvalue weighted by Gasteiger charge is -2.09. The van der Waals surface area contributed by atoms with E-state index in [2.05, 4.69) is 5.32 Å². The molecular weight excluding hydrogens is 281 g/mol. The second kappa shape index (κ2) is 5.59. The first-order chi connectivity index (χ1) is 9.54. The Morgan fingerprint density at radius 2 is 2.00 bits per heavy atom. The van der Waals surface area contributed by atoms with Crippen molar-refractivity contribution < 1.29 is 9.18 Å². The molecule has 0 aliphatic heterocycles. The minimum atomic E-state index is -0.704. The lowest BCUT2D eigenvalue weighted by atomic mass is 10.1. The summed E-state index contributed by atoms with van der Waals surface area (Å²) in [4.78, 5) is 12.1. The molecule has 0 aromatic heterocycles. The van der Waals surface area contributed by atoms with E-state index in [1.165, 1.54) is 18.2 Å². The standard InChI is InChI=1S/C14H9ClFN3O/c15-10-4-1-3-8(13(10)18)14(20)19-12-6-2-5-11(16)9(12)7-17/h1-6H,18H2,(H,19,20). The lowest BCUT2D eigenvalue weighted by molar-refractivity contribution is 0.102. The number of halogens is 2. The number of nitrogen functional groups attached to an aromatic ring is 1. The minimum absolute atomic E-state index is 0.0804. The maximum absolute atomic E-state index is 13.4. The third-order valence-electron chi connectivity index (χ3n) is 2.67. The van der Waals surface area contributed by atoms with Crippen LogP contribution in [0.3, 0.4) is 0 Å². The van der Waals surface area contributed by atoms with E-state index in [-0.39, 0.29) is 27.5 Å². The van der Waals surface area contributed by atoms with Crippen molar-refractivity contribution in [3.8, 4) is 6.07 Å². The van der Waals surface area contributed by atoms with Crippen molar-refractivity contribution in [3.05, 3.63) is 58.4 Å². The summed E-state index contributed by atoms with van der Waals surface area (Å²) in [5.41, 5.74) is 5.84. The van der Waals surface area contributed by atoms with Gasteiger partial charge in [-0.2, -0.15) is 5.26 Å². The van der Waals surface area contributed by atoms with Crippen LogP contribution in [0.15, 0.2) is 36.4 Å². The number of nitrogens with zero attached hydrogens (tertiary/aromatic N) is 1. The van der Waals surface area contributed by atoms with Crippen molar-refractivity contribution in [2.45, 2.75) is 0 Å². The summed E-state index contributed by atoms with van der Waals surface area (Å²) < 4.78 is 13.4. The molecule has 2 aromatic rings. The fourth-order valence-corrected chi connectivity index (χ4v) is 1.84. The number of nitrogens with one attached hydrogen (secondary N) is 1. The summed E-state index contributed by atoms with van der Waals surface area (Å²) in [5.74, 6) is -1.27. The summed E-state index contributed by atoms with van der Waals surface area (Å²) in [5, 5.41) is 11.6. The van der Waals surface area contributed by atoms with Crippen LogP contribution in [0, 0.1) is 17.1 Å². The van der Waals surface area contributed by atoms with E-state index < -0.39 is 11.7 Å². The van der Waals surface area contributed by atoms with E-state index in [1.807, 2.05) is 0 Å². The van der Waals surface area contributed by atoms with Crippen LogP contribution >= 0.6 is 11.6 Å². The van der Waals surface area contributed by atoms with Crippen LogP contribution in [-0.4, -0.2) is 5.91 Å². The van der Waals surface area contributed by atoms with E-state index in [9.17, 15) is 9.18 Å². The Hall–Kier alpha value is -2.58. The highest BCUT2D eigenvalue weighted by Gasteiger charge is 2.15. The van der Waals surface area contributed by atoms with Gasteiger partial charge in [0.15, 0.2) is 0 Å². The fourth-order valence-electron chi connectivity index (χ4n) is 1.67. The first-order valence-corrected chi connectivity index (χ1v) is 5.96. The molecule has 0 unspecified atom stereocenters. The van der Waals surface area contributed by atoms with E-state index >= 15 is 0 Å². The molecule has 0 saturated heterocycles. The maximum atomic E-state index is 13.4. The number of hydrogen-bond donors (Lipinski definition) is 2. The molecule has 0 heterocycles. The fraction of sp³-hybridized carbons (Fsp3) is 0. The van der Waals surface area contributed by atoms with Gasteiger partial charge in [0.1, 0.15) is 17.4 Å². The third kappa shape index (κ3) is 2.56. The zero-order chi connectivity index (χ0) is 14.7. The Bertz CT molecular complexity index is 725. The topological polar surface area (TPSA) is 78.9 Å². The molecule has 3 N–H and O–H groups in total. The summed E-state index contributed by atoms with van der Waals surface area (Å²) in [6.45, 7) is 0. The van der Waals surface area contributed by atoms with Gasteiger partial charge in [-0.3, -0.25) is 4.79 Å². The van der Waals surface area contributed by atoms with E-state index in [0.29, 0.717) is 0 Å². The molecule has 0 bridgehead atoms. The van der Waals surface area contributed by atoms with Crippen LogP contribution in [0.5, 0.6) is 0 Å². The van der Waals surface area contributed by atoms with Crippen molar-refractivity contribution in [3.63, 3.8) is 0 Å². The quantitative estimate of drug-likeness (QED) is 0.833. The number of rotatable bonds is 2. The Labute approximate surface area is 119 Å². The predicted molar refractivity (Wildman–Crippen MR) is 74.9 cm³/mol. The van der Waals surface area contributed by atoms with Crippen LogP contribution in [0.1, 0.15) is 15.9 Å². The van der Waals surface area contributed by atoms with Crippen molar-refractivity contribution in [2.24, 2.45) is 0 Å². The van der Waals surface area contributed by atoms with Crippen molar-refractivity contribution in [2.75, 3.05) is 11.1 Å². The SMILES string of the molecule is N#Cc1c(F)cccc1NC(=O)c1cccc(Cl)c1N. The average Bonchev–Trinajstić information content (AvgIpc) is 2.42. The Morgan fingerprint density at radius 1 is 1.30 bits per heavy atom. The molecule has 6 heteroatoms. The van der Waals surface area contributed by atoms with Gasteiger partial charge in [0.05, 0.1) is 22.0 Å². The van der Waals surface area contributed by atoms with Gasteiger partial charge in [-0.05, 0) is 24.3 Å². The number of benzene rings is 2. The number of nitrogens with two attached hydrogens (primary N) is 1. The van der Waals surface area contributed by atoms with Crippen molar-refractivity contribution in [1.82, 2.24) is 0 Å². The summed E-state index contributed by atoms with van der Waals surface area (Å²) >= 11 is 5.83. The molecule has 100 valence electrons. The Balaban J connectivity index is 2.36. The van der Waals surface area contributed by atoms with Crippen molar-refractivity contribution in [1.29, 1.82) is 5.26 Å². The van der Waals surface area contributed by atoms with E-state index in [0.717, 1.165) is 6.07 Å². The normalized spacial score (nSPS) is 9.85. The number of amides is 1. The Kier molecular flexibility index (Phi) is 3.87. The van der Waals surface area contributed by atoms with Gasteiger partial charge >= 0.3 is 0 Å². The van der Waals surface area contributed by atoms with Gasteiger partial charge < -0.3 is 11.1 Å². The summed E-state index contributed by atoms with van der Waals surface area (Å²) in [6, 6.07) is 10.3. The molecule has 0 spiro atoms. The maximum Gasteiger partial charge on any atom is 0.257 e. The zero-order valence-electron chi connectivity index (χ0n) is 10.2. The molecule has 1 amide bonds. The molecule has 0 saturated carbocycles. The molecule has 2 aromatic carbocycles. The second-order valence-corrected chi connectivity index (χ2v) is 4.34. The largest absolute Gasteiger partial charge is 0.397 e. The molecule has 0 atom stereocenters. The van der Waals surface area contributed by atoms with Crippen LogP contribution in [0.4, 0.5) is 15.8 Å². The first kappa shape index (κ1) is 13.8. The highest BCUT2D eigenvalue weighted by atomic mass is 35.5. The minimum Gasteiger partial charge on any atom is -0.397 e. The number of hydrogen-bond acceptors (Lipinski definition) is 3. The van der Waals surface area contributed by atoms with Gasteiger partial charge in [-0.1, -0.05) is 23.7 Å². The monoisotopic (exact) mass is 289 g/mol. The van der Waals surface area contributed by atoms with E-state index in [1.54, 1.807) is 18.2 Å². The van der Waals surface area contributed by atoms with Crippen LogP contribution < -0.4 is 11.1 Å². The Morgan fingerprint density at radius 3 is 2.70 bits per heavy atom. The number of para-hydroxylation sites is 1. The third-order valence-corrected chi connectivity index (χ3v) is 3.00. The number of anilines is 2. The molecule has 0 radical (unpaired) electrons. The first-order valence-electron chi connectivity index (χ1n) is 5.58. The molecule has 4 nitrogen and oxygen atoms in total. The van der Waals surface area contributed by atoms with Gasteiger partial charge in [0.25, 0.3) is 5.91 Å². The molecule has 0 aliphatic carbocycles. The smallest absolute Gasteiger partial charge is 0.257 e. The zero-order valence-corrected chi connectivity index (χ0v) is 10.9. The molecule has 2 rings (SSSR count). The van der Waals surface area contributed by atoms with Gasteiger partial charge in [0, 0.05) is 0 Å². The average molecular weight is 290 g/mol. The van der Waals surface area contributed by atoms with Gasteiger partial charge in [0.2, 0.25) is 0 Å². The van der Waals surface area contributed by atoms with Crippen LogP contribution in [0.25, 0.3) is 0 Å².